The van der Waals surface area contributed by atoms with Gasteiger partial charge >= 0.3 is 6.30 Å². The van der Waals surface area contributed by atoms with Gasteiger partial charge in [-0.25, -0.2) is 9.89 Å². The van der Waals surface area contributed by atoms with E-state index in [4.69, 9.17) is 4.74 Å². The number of nitrogens with zero attached hydrogens (tertiary/aromatic N) is 3. The number of hydrogen-bond acceptors (Lipinski definition) is 3. The van der Waals surface area contributed by atoms with Crippen molar-refractivity contribution < 1.29 is 22.7 Å². The van der Waals surface area contributed by atoms with Gasteiger partial charge in [0.25, 0.3) is 5.91 Å². The van der Waals surface area contributed by atoms with E-state index in [0.717, 1.165) is 6.54 Å². The average Bonchev–Trinajstić information content (AvgIpc) is 2.70. The van der Waals surface area contributed by atoms with E-state index in [1.54, 1.807) is 38.4 Å². The Labute approximate surface area is 174 Å². The number of carbonyl (C=O) groups is 1. The largest absolute Gasteiger partial charge is 0.497 e. The molecular formula is C22H26F3N3O2. The molecule has 0 aromatic heterocycles. The topological polar surface area (TPSA) is 45.1 Å². The van der Waals surface area contributed by atoms with Crippen LogP contribution in [0, 0.1) is 13.8 Å². The predicted octanol–water partition coefficient (Wildman–Crippen LogP) is 5.09. The van der Waals surface area contributed by atoms with E-state index >= 15 is 0 Å². The summed E-state index contributed by atoms with van der Waals surface area (Å²) in [5.41, 5.74) is 1.97. The Morgan fingerprint density at radius 2 is 1.87 bits per heavy atom. The van der Waals surface area contributed by atoms with Gasteiger partial charge in [-0.3, -0.25) is 4.79 Å². The summed E-state index contributed by atoms with van der Waals surface area (Å²) in [4.78, 5) is 19.0. The maximum absolute atomic E-state index is 13.7. The van der Waals surface area contributed by atoms with E-state index in [-0.39, 0.29) is 10.5 Å². The van der Waals surface area contributed by atoms with Crippen molar-refractivity contribution in [2.45, 2.75) is 33.6 Å². The van der Waals surface area contributed by atoms with Crippen molar-refractivity contribution in [1.82, 2.24) is 9.80 Å². The molecule has 1 amide bonds. The van der Waals surface area contributed by atoms with Gasteiger partial charge in [0, 0.05) is 19.2 Å². The first-order valence-electron chi connectivity index (χ1n) is 9.44. The van der Waals surface area contributed by atoms with Gasteiger partial charge in [0.05, 0.1) is 25.7 Å². The van der Waals surface area contributed by atoms with Gasteiger partial charge in [0.1, 0.15) is 5.75 Å². The Balaban J connectivity index is 2.38. The summed E-state index contributed by atoms with van der Waals surface area (Å²) in [5, 5.41) is 0. The van der Waals surface area contributed by atoms with Crippen molar-refractivity contribution in [1.29, 1.82) is 0 Å². The molecule has 0 spiro atoms. The number of aliphatic imine (C=N–C) groups is 1. The summed E-state index contributed by atoms with van der Waals surface area (Å²) in [7, 11) is 3.30. The molecule has 0 aliphatic carbocycles. The van der Waals surface area contributed by atoms with E-state index in [9.17, 15) is 18.0 Å². The highest BCUT2D eigenvalue weighted by Crippen LogP contribution is 2.30. The summed E-state index contributed by atoms with van der Waals surface area (Å²) < 4.78 is 46.2. The average molecular weight is 421 g/mol. The molecule has 0 bridgehead atoms. The Morgan fingerprint density at radius 1 is 1.17 bits per heavy atom. The summed E-state index contributed by atoms with van der Waals surface area (Å²) in [6.45, 7) is 5.45. The number of halogens is 3. The maximum Gasteiger partial charge on any atom is 0.487 e. The van der Waals surface area contributed by atoms with Crippen LogP contribution in [0.15, 0.2) is 41.4 Å². The highest BCUT2D eigenvalue weighted by Gasteiger charge is 2.41. The number of methoxy groups -OCH3 is 1. The van der Waals surface area contributed by atoms with Crippen molar-refractivity contribution in [2.24, 2.45) is 4.99 Å². The van der Waals surface area contributed by atoms with Crippen LogP contribution in [0.2, 0.25) is 0 Å². The first kappa shape index (κ1) is 23.3. The van der Waals surface area contributed by atoms with Crippen LogP contribution in [0.4, 0.5) is 18.9 Å². The molecule has 2 rings (SSSR count). The zero-order chi connectivity index (χ0) is 22.5. The zero-order valence-corrected chi connectivity index (χ0v) is 17.7. The monoisotopic (exact) mass is 421 g/mol. The highest BCUT2D eigenvalue weighted by atomic mass is 19.4. The predicted molar refractivity (Wildman–Crippen MR) is 111 cm³/mol. The normalized spacial score (nSPS) is 11.6. The van der Waals surface area contributed by atoms with E-state index in [2.05, 4.69) is 4.99 Å². The van der Waals surface area contributed by atoms with Gasteiger partial charge in [0.15, 0.2) is 0 Å². The summed E-state index contributed by atoms with van der Waals surface area (Å²) >= 11 is 0. The van der Waals surface area contributed by atoms with E-state index in [1.807, 2.05) is 18.9 Å². The number of benzene rings is 2. The second-order valence-corrected chi connectivity index (χ2v) is 6.98. The Morgan fingerprint density at radius 3 is 2.47 bits per heavy atom. The molecule has 0 atom stereocenters. The van der Waals surface area contributed by atoms with Crippen LogP contribution in [0.5, 0.6) is 5.75 Å². The fourth-order valence-electron chi connectivity index (χ4n) is 2.79. The highest BCUT2D eigenvalue weighted by molar-refractivity contribution is 5.96. The molecule has 0 unspecified atom stereocenters. The second-order valence-electron chi connectivity index (χ2n) is 6.98. The van der Waals surface area contributed by atoms with Crippen molar-refractivity contribution in [3.05, 3.63) is 58.7 Å². The third-order valence-corrected chi connectivity index (χ3v) is 4.69. The molecule has 30 heavy (non-hydrogen) atoms. The first-order valence-corrected chi connectivity index (χ1v) is 9.44. The smallest absolute Gasteiger partial charge is 0.487 e. The number of amides is 1. The van der Waals surface area contributed by atoms with Gasteiger partial charge in [0.2, 0.25) is 0 Å². The maximum atomic E-state index is 13.7. The Bertz CT molecular complexity index is 926. The minimum atomic E-state index is -4.83. The summed E-state index contributed by atoms with van der Waals surface area (Å²) in [6.07, 6.45) is -3.19. The molecule has 0 heterocycles. The van der Waals surface area contributed by atoms with Crippen LogP contribution in [-0.4, -0.2) is 49.0 Å². The number of hydrogen-bond donors (Lipinski definition) is 0. The van der Waals surface area contributed by atoms with Gasteiger partial charge in [-0.1, -0.05) is 12.1 Å². The van der Waals surface area contributed by atoms with Gasteiger partial charge in [-0.15, -0.1) is 13.2 Å². The molecule has 2 aromatic carbocycles. The molecule has 0 saturated carbocycles. The first-order chi connectivity index (χ1) is 14.1. The quantitative estimate of drug-likeness (QED) is 0.356. The van der Waals surface area contributed by atoms with E-state index in [0.29, 0.717) is 28.1 Å². The van der Waals surface area contributed by atoms with Crippen molar-refractivity contribution in [2.75, 3.05) is 20.7 Å². The lowest BCUT2D eigenvalue weighted by Gasteiger charge is -2.26. The summed E-state index contributed by atoms with van der Waals surface area (Å²) in [6, 6.07) is 9.30. The standard InChI is InChI=1S/C22H26F3N3O2/c1-6-27(4)14-26-20-11-15(2)19(10-16(20)3)21(29)28(22(23,24)25)13-17-8-7-9-18(12-17)30-5/h7-12,14H,6,13H2,1-5H3. The SMILES string of the molecule is CCN(C)C=Nc1cc(C)c(C(=O)N(Cc2cccc(OC)c2)C(F)(F)F)cc1C. The molecule has 0 aliphatic heterocycles. The molecule has 5 nitrogen and oxygen atoms in total. The van der Waals surface area contributed by atoms with Crippen molar-refractivity contribution in [3.8, 4) is 5.75 Å². The van der Waals surface area contributed by atoms with Crippen LogP contribution in [0.25, 0.3) is 0 Å². The van der Waals surface area contributed by atoms with Crippen LogP contribution in [-0.2, 0) is 6.54 Å². The molecule has 0 aliphatic rings. The Hall–Kier alpha value is -3.03. The lowest BCUT2D eigenvalue weighted by atomic mass is 10.0. The molecule has 0 saturated heterocycles. The lowest BCUT2D eigenvalue weighted by Crippen LogP contribution is -2.42. The number of aryl methyl sites for hydroxylation is 2. The van der Waals surface area contributed by atoms with Crippen molar-refractivity contribution in [3.63, 3.8) is 0 Å². The van der Waals surface area contributed by atoms with Crippen molar-refractivity contribution >= 4 is 17.9 Å². The fraction of sp³-hybridized carbons (Fsp3) is 0.364. The molecule has 2 aromatic rings. The molecule has 8 heteroatoms. The lowest BCUT2D eigenvalue weighted by molar-refractivity contribution is -0.227. The van der Waals surface area contributed by atoms with Gasteiger partial charge < -0.3 is 9.64 Å². The number of ether oxygens (including phenoxy) is 1. The van der Waals surface area contributed by atoms with Crippen LogP contribution >= 0.6 is 0 Å². The molecular weight excluding hydrogens is 395 g/mol. The zero-order valence-electron chi connectivity index (χ0n) is 17.7. The molecule has 0 N–H and O–H groups in total. The summed E-state index contributed by atoms with van der Waals surface area (Å²) in [5.74, 6) is -0.680. The van der Waals surface area contributed by atoms with Gasteiger partial charge in [-0.05, 0) is 61.7 Å². The molecule has 0 radical (unpaired) electrons. The van der Waals surface area contributed by atoms with E-state index in [1.165, 1.54) is 25.3 Å². The Kier molecular flexibility index (Phi) is 7.48. The van der Waals surface area contributed by atoms with Crippen LogP contribution < -0.4 is 4.74 Å². The third-order valence-electron chi connectivity index (χ3n) is 4.69. The minimum absolute atomic E-state index is 0.00415. The van der Waals surface area contributed by atoms with E-state index < -0.39 is 18.8 Å². The van der Waals surface area contributed by atoms with Gasteiger partial charge in [-0.2, -0.15) is 0 Å². The molecule has 0 fully saturated rings. The number of rotatable bonds is 7. The second kappa shape index (κ2) is 9.65. The third kappa shape index (κ3) is 5.75. The van der Waals surface area contributed by atoms with Crippen LogP contribution in [0.3, 0.4) is 0 Å². The minimum Gasteiger partial charge on any atom is -0.497 e. The number of alkyl halides is 3. The fourth-order valence-corrected chi connectivity index (χ4v) is 2.79. The molecule has 162 valence electrons. The van der Waals surface area contributed by atoms with Crippen LogP contribution in [0.1, 0.15) is 34.0 Å². The number of carbonyl (C=O) groups excluding carboxylic acids is 1.